The molecule has 0 bridgehead atoms. The normalized spacial score (nSPS) is 16.3. The molecule has 1 amide bonds. The van der Waals surface area contributed by atoms with E-state index in [0.717, 1.165) is 48.3 Å². The average molecular weight is 398 g/mol. The minimum Gasteiger partial charge on any atom is -0.481 e. The molecule has 1 fully saturated rings. The Bertz CT molecular complexity index is 1040. The largest absolute Gasteiger partial charge is 0.481 e. The second-order valence-corrected chi connectivity index (χ2v) is 7.14. The van der Waals surface area contributed by atoms with Crippen LogP contribution in [0.5, 0.6) is 5.75 Å². The molecule has 1 atom stereocenters. The molecule has 1 aromatic carbocycles. The number of carbonyl (C=O) groups is 1. The number of aryl methyl sites for hydroxylation is 1. The van der Waals surface area contributed by atoms with Crippen LogP contribution in [-0.2, 0) is 16.1 Å². The van der Waals surface area contributed by atoms with Crippen molar-refractivity contribution < 1.29 is 18.7 Å². The van der Waals surface area contributed by atoms with E-state index >= 15 is 0 Å². The van der Waals surface area contributed by atoms with Gasteiger partial charge in [-0.15, -0.1) is 0 Å². The fraction of sp³-hybridized carbons (Fsp3) is 0.381. The van der Waals surface area contributed by atoms with Gasteiger partial charge in [-0.3, -0.25) is 4.79 Å². The number of ether oxygens (including phenoxy) is 2. The van der Waals surface area contributed by atoms with Crippen LogP contribution in [-0.4, -0.2) is 39.8 Å². The van der Waals surface area contributed by atoms with E-state index in [-0.39, 0.29) is 18.5 Å². The molecule has 3 heterocycles. The van der Waals surface area contributed by atoms with E-state index in [1.54, 1.807) is 12.1 Å². The predicted molar refractivity (Wildman–Crippen MR) is 107 cm³/mol. The number of nitrogens with zero attached hydrogens (tertiary/aromatic N) is 3. The van der Waals surface area contributed by atoms with Gasteiger partial charge >= 0.3 is 0 Å². The summed E-state index contributed by atoms with van der Waals surface area (Å²) in [7, 11) is 0. The lowest BCUT2D eigenvalue weighted by molar-refractivity contribution is -0.118. The summed E-state index contributed by atoms with van der Waals surface area (Å²) < 4.78 is 26.8. The number of aromatic nitrogens is 3. The van der Waals surface area contributed by atoms with Gasteiger partial charge in [0.2, 0.25) is 0 Å². The molecule has 1 N–H and O–H groups in total. The summed E-state index contributed by atoms with van der Waals surface area (Å²) in [6, 6.07) is 5.97. The van der Waals surface area contributed by atoms with Gasteiger partial charge in [-0.2, -0.15) is 0 Å². The third kappa shape index (κ3) is 3.93. The second-order valence-electron chi connectivity index (χ2n) is 7.14. The Hall–Kier alpha value is -3.00. The smallest absolute Gasteiger partial charge is 0.263 e. The first-order valence-electron chi connectivity index (χ1n) is 9.63. The lowest BCUT2D eigenvalue weighted by Gasteiger charge is -2.13. The highest BCUT2D eigenvalue weighted by Gasteiger charge is 2.22. The number of nitrogens with one attached hydrogen (secondary N) is 1. The summed E-state index contributed by atoms with van der Waals surface area (Å²) in [4.78, 5) is 21.1. The number of para-hydroxylation sites is 1. The van der Waals surface area contributed by atoms with Crippen molar-refractivity contribution in [3.05, 3.63) is 47.7 Å². The molecule has 8 heteroatoms. The minimum absolute atomic E-state index is 0.0326. The number of carbonyl (C=O) groups excluding carboxylic acids is 1. The number of rotatable bonds is 6. The van der Waals surface area contributed by atoms with Crippen molar-refractivity contribution in [3.63, 3.8) is 0 Å². The molecule has 0 spiro atoms. The van der Waals surface area contributed by atoms with Crippen LogP contribution in [0, 0.1) is 19.7 Å². The van der Waals surface area contributed by atoms with Gasteiger partial charge in [0.25, 0.3) is 5.91 Å². The van der Waals surface area contributed by atoms with Gasteiger partial charge in [-0.1, -0.05) is 12.1 Å². The van der Waals surface area contributed by atoms with Crippen molar-refractivity contribution in [2.75, 3.05) is 18.5 Å². The molecule has 0 saturated carbocycles. The van der Waals surface area contributed by atoms with E-state index in [1.165, 1.54) is 18.5 Å². The average Bonchev–Trinajstić information content (AvgIpc) is 3.31. The Balaban J connectivity index is 1.54. The van der Waals surface area contributed by atoms with Crippen molar-refractivity contribution in [2.24, 2.45) is 0 Å². The van der Waals surface area contributed by atoms with Crippen LogP contribution in [0.3, 0.4) is 0 Å². The van der Waals surface area contributed by atoms with Crippen molar-refractivity contribution >= 4 is 22.8 Å². The number of anilines is 1. The number of benzene rings is 1. The molecular formula is C21H23FN4O3. The molecule has 1 saturated heterocycles. The lowest BCUT2D eigenvalue weighted by Crippen LogP contribution is -2.21. The van der Waals surface area contributed by atoms with Crippen LogP contribution >= 0.6 is 0 Å². The summed E-state index contributed by atoms with van der Waals surface area (Å²) in [6.07, 6.45) is 3.70. The molecule has 7 nitrogen and oxygen atoms in total. The molecule has 4 rings (SSSR count). The third-order valence-electron chi connectivity index (χ3n) is 5.27. The fourth-order valence-electron chi connectivity index (χ4n) is 3.65. The van der Waals surface area contributed by atoms with Gasteiger partial charge < -0.3 is 19.4 Å². The fourth-order valence-corrected chi connectivity index (χ4v) is 3.65. The highest BCUT2D eigenvalue weighted by Crippen LogP contribution is 2.30. The van der Waals surface area contributed by atoms with E-state index in [4.69, 9.17) is 9.47 Å². The minimum atomic E-state index is -0.512. The highest BCUT2D eigenvalue weighted by molar-refractivity contribution is 6.01. The van der Waals surface area contributed by atoms with Crippen molar-refractivity contribution in [1.29, 1.82) is 0 Å². The monoisotopic (exact) mass is 398 g/mol. The Morgan fingerprint density at radius 3 is 2.93 bits per heavy atom. The highest BCUT2D eigenvalue weighted by atomic mass is 19.1. The van der Waals surface area contributed by atoms with Crippen LogP contribution in [0.2, 0.25) is 0 Å². The zero-order valence-corrected chi connectivity index (χ0v) is 16.4. The Kier molecular flexibility index (Phi) is 5.44. The number of fused-ring (bicyclic) bond motifs is 1. The summed E-state index contributed by atoms with van der Waals surface area (Å²) in [5, 5.41) is 3.56. The van der Waals surface area contributed by atoms with Crippen LogP contribution < -0.4 is 10.1 Å². The molecule has 1 aliphatic heterocycles. The Morgan fingerprint density at radius 2 is 2.17 bits per heavy atom. The summed E-state index contributed by atoms with van der Waals surface area (Å²) in [5.41, 5.74) is 2.83. The first-order chi connectivity index (χ1) is 14.0. The van der Waals surface area contributed by atoms with E-state index in [0.29, 0.717) is 5.82 Å². The van der Waals surface area contributed by atoms with Crippen LogP contribution in [0.15, 0.2) is 30.6 Å². The van der Waals surface area contributed by atoms with Crippen molar-refractivity contribution in [1.82, 2.24) is 14.5 Å². The molecule has 2 aromatic heterocycles. The van der Waals surface area contributed by atoms with E-state index in [1.807, 2.05) is 13.8 Å². The van der Waals surface area contributed by atoms with Gasteiger partial charge in [-0.05, 0) is 44.4 Å². The second kappa shape index (κ2) is 8.16. The number of hydrogen-bond acceptors (Lipinski definition) is 5. The van der Waals surface area contributed by atoms with Gasteiger partial charge in [0, 0.05) is 12.3 Å². The molecule has 1 unspecified atom stereocenters. The molecular weight excluding hydrogens is 375 g/mol. The van der Waals surface area contributed by atoms with Gasteiger partial charge in [0.1, 0.15) is 17.8 Å². The SMILES string of the molecule is Cc1c(C)n(CC2CCCO2)c2ncnc(NC(=O)COc3ccccc3F)c12. The predicted octanol–water partition coefficient (Wildman–Crippen LogP) is 3.38. The molecule has 152 valence electrons. The van der Waals surface area contributed by atoms with E-state index < -0.39 is 11.7 Å². The number of hydrogen-bond donors (Lipinski definition) is 1. The topological polar surface area (TPSA) is 78.3 Å². The van der Waals surface area contributed by atoms with Crippen LogP contribution in [0.1, 0.15) is 24.1 Å². The number of halogens is 1. The molecule has 0 aliphatic carbocycles. The maximum absolute atomic E-state index is 13.7. The lowest BCUT2D eigenvalue weighted by atomic mass is 10.2. The quantitative estimate of drug-likeness (QED) is 0.689. The van der Waals surface area contributed by atoms with Crippen LogP contribution in [0.25, 0.3) is 11.0 Å². The van der Waals surface area contributed by atoms with Crippen molar-refractivity contribution in [3.8, 4) is 5.75 Å². The molecule has 29 heavy (non-hydrogen) atoms. The van der Waals surface area contributed by atoms with Crippen molar-refractivity contribution in [2.45, 2.75) is 39.3 Å². The first-order valence-corrected chi connectivity index (χ1v) is 9.63. The van der Waals surface area contributed by atoms with E-state index in [9.17, 15) is 9.18 Å². The van der Waals surface area contributed by atoms with Gasteiger partial charge in [-0.25, -0.2) is 14.4 Å². The maximum Gasteiger partial charge on any atom is 0.263 e. The van der Waals surface area contributed by atoms with Crippen LogP contribution in [0.4, 0.5) is 10.2 Å². The molecule has 1 aliphatic rings. The standard InChI is InChI=1S/C21H23FN4O3/c1-13-14(2)26(10-15-6-5-9-28-15)21-19(13)20(23-12-24-21)25-18(27)11-29-17-8-4-3-7-16(17)22/h3-4,7-8,12,15H,5-6,9-11H2,1-2H3,(H,23,24,25,27). The first kappa shape index (κ1) is 19.3. The Labute approximate surface area is 167 Å². The third-order valence-corrected chi connectivity index (χ3v) is 5.27. The van der Waals surface area contributed by atoms with Gasteiger partial charge in [0.05, 0.1) is 18.0 Å². The summed E-state index contributed by atoms with van der Waals surface area (Å²) in [5.74, 6) is -0.478. The maximum atomic E-state index is 13.7. The summed E-state index contributed by atoms with van der Waals surface area (Å²) >= 11 is 0. The summed E-state index contributed by atoms with van der Waals surface area (Å²) in [6.45, 7) is 5.20. The zero-order valence-electron chi connectivity index (χ0n) is 16.4. The van der Waals surface area contributed by atoms with Gasteiger partial charge in [0.15, 0.2) is 18.2 Å². The number of amides is 1. The Morgan fingerprint density at radius 1 is 1.34 bits per heavy atom. The zero-order chi connectivity index (χ0) is 20.4. The molecule has 3 aromatic rings. The molecule has 0 radical (unpaired) electrons. The van der Waals surface area contributed by atoms with E-state index in [2.05, 4.69) is 19.9 Å².